The van der Waals surface area contributed by atoms with Gasteiger partial charge in [-0.1, -0.05) is 0 Å². The Kier molecular flexibility index (Phi) is 6.94. The molecule has 0 spiro atoms. The third-order valence-electron chi connectivity index (χ3n) is 6.10. The molecule has 0 saturated carbocycles. The average molecular weight is 418 g/mol. The van der Waals surface area contributed by atoms with Gasteiger partial charge in [0.15, 0.2) is 11.5 Å². The molecule has 3 amide bonds. The summed E-state index contributed by atoms with van der Waals surface area (Å²) < 4.78 is 11.1. The molecule has 3 N–H and O–H groups in total. The quantitative estimate of drug-likeness (QED) is 0.596. The van der Waals surface area contributed by atoms with Crippen LogP contribution < -0.4 is 29.9 Å². The van der Waals surface area contributed by atoms with E-state index in [1.165, 1.54) is 38.8 Å². The van der Waals surface area contributed by atoms with Gasteiger partial charge in [-0.15, -0.1) is 0 Å². The van der Waals surface area contributed by atoms with Gasteiger partial charge >= 0.3 is 6.03 Å². The van der Waals surface area contributed by atoms with Crippen LogP contribution in [-0.4, -0.2) is 63.9 Å². The van der Waals surface area contributed by atoms with Crippen LogP contribution in [0.4, 0.5) is 10.5 Å². The highest BCUT2D eigenvalue weighted by Gasteiger charge is 2.32. The summed E-state index contributed by atoms with van der Waals surface area (Å²) in [6.07, 6.45) is 6.63. The molecule has 2 saturated heterocycles. The SMILES string of the molecule is O=C(NCCC[NH+]1CCCCCC1)N[C@@H]1CC(=O)N(c2ccc3c(c2)OCCO3)C1. The molecule has 0 bridgehead atoms. The van der Waals surface area contributed by atoms with Crippen molar-refractivity contribution in [2.45, 2.75) is 44.6 Å². The molecule has 0 unspecified atom stereocenters. The molecule has 0 radical (unpaired) electrons. The van der Waals surface area contributed by atoms with Gasteiger partial charge in [0, 0.05) is 37.7 Å². The maximum absolute atomic E-state index is 12.5. The molecule has 8 heteroatoms. The van der Waals surface area contributed by atoms with E-state index in [4.69, 9.17) is 9.47 Å². The molecule has 2 fully saturated rings. The van der Waals surface area contributed by atoms with E-state index in [9.17, 15) is 9.59 Å². The van der Waals surface area contributed by atoms with Crippen LogP contribution in [0.3, 0.4) is 0 Å². The van der Waals surface area contributed by atoms with Crippen molar-refractivity contribution >= 4 is 17.6 Å². The first kappa shape index (κ1) is 20.8. The largest absolute Gasteiger partial charge is 0.486 e. The Balaban J connectivity index is 1.20. The lowest BCUT2D eigenvalue weighted by Gasteiger charge is -2.22. The van der Waals surface area contributed by atoms with Crippen molar-refractivity contribution in [3.8, 4) is 11.5 Å². The van der Waals surface area contributed by atoms with Gasteiger partial charge in [0.25, 0.3) is 0 Å². The van der Waals surface area contributed by atoms with Crippen molar-refractivity contribution in [1.29, 1.82) is 0 Å². The van der Waals surface area contributed by atoms with Gasteiger partial charge in [-0.05, 0) is 37.8 Å². The van der Waals surface area contributed by atoms with Crippen molar-refractivity contribution < 1.29 is 24.0 Å². The first-order valence-electron chi connectivity index (χ1n) is 11.3. The number of hydrogen-bond acceptors (Lipinski definition) is 4. The van der Waals surface area contributed by atoms with Crippen molar-refractivity contribution in [3.05, 3.63) is 18.2 Å². The highest BCUT2D eigenvalue weighted by atomic mass is 16.6. The second-order valence-corrected chi connectivity index (χ2v) is 8.40. The number of amides is 3. The Morgan fingerprint density at radius 2 is 1.87 bits per heavy atom. The monoisotopic (exact) mass is 417 g/mol. The zero-order valence-electron chi connectivity index (χ0n) is 17.6. The standard InChI is InChI=1S/C22H32N4O4/c27-21-14-17(16-26(21)18-6-7-19-20(15-18)30-13-12-29-19)24-22(28)23-8-5-11-25-9-3-1-2-4-10-25/h6-7,15,17H,1-5,8-14,16H2,(H2,23,24,28)/p+1/t17-/m1/s1. The van der Waals surface area contributed by atoms with Gasteiger partial charge in [-0.3, -0.25) is 4.79 Å². The van der Waals surface area contributed by atoms with E-state index < -0.39 is 0 Å². The van der Waals surface area contributed by atoms with E-state index in [1.807, 2.05) is 18.2 Å². The number of nitrogens with one attached hydrogen (secondary N) is 3. The van der Waals surface area contributed by atoms with Crippen LogP contribution in [0, 0.1) is 0 Å². The molecular weight excluding hydrogens is 384 g/mol. The molecule has 3 aliphatic heterocycles. The number of likely N-dealkylation sites (tertiary alicyclic amines) is 1. The molecule has 1 atom stereocenters. The number of hydrogen-bond donors (Lipinski definition) is 3. The Labute approximate surface area is 177 Å². The van der Waals surface area contributed by atoms with Crippen LogP contribution in [-0.2, 0) is 4.79 Å². The molecule has 1 aromatic carbocycles. The van der Waals surface area contributed by atoms with Gasteiger partial charge in [0.05, 0.1) is 25.7 Å². The topological polar surface area (TPSA) is 84.3 Å². The summed E-state index contributed by atoms with van der Waals surface area (Å²) in [7, 11) is 0. The van der Waals surface area contributed by atoms with E-state index >= 15 is 0 Å². The number of benzene rings is 1. The average Bonchev–Trinajstić information content (AvgIpc) is 2.94. The van der Waals surface area contributed by atoms with Crippen LogP contribution in [0.15, 0.2) is 18.2 Å². The minimum Gasteiger partial charge on any atom is -0.486 e. The minimum atomic E-state index is -0.193. The molecule has 3 aliphatic rings. The summed E-state index contributed by atoms with van der Waals surface area (Å²) >= 11 is 0. The van der Waals surface area contributed by atoms with E-state index in [-0.39, 0.29) is 18.0 Å². The van der Waals surface area contributed by atoms with E-state index in [0.717, 1.165) is 18.7 Å². The molecular formula is C22H33N4O4+. The van der Waals surface area contributed by atoms with Crippen LogP contribution in [0.1, 0.15) is 38.5 Å². The van der Waals surface area contributed by atoms with E-state index in [2.05, 4.69) is 10.6 Å². The van der Waals surface area contributed by atoms with Crippen LogP contribution in [0.2, 0.25) is 0 Å². The summed E-state index contributed by atoms with van der Waals surface area (Å²) in [6.45, 7) is 5.80. The van der Waals surface area contributed by atoms with Crippen LogP contribution in [0.5, 0.6) is 11.5 Å². The Hall–Kier alpha value is -2.48. The van der Waals surface area contributed by atoms with Crippen LogP contribution >= 0.6 is 0 Å². The smallest absolute Gasteiger partial charge is 0.315 e. The highest BCUT2D eigenvalue weighted by molar-refractivity contribution is 5.97. The number of anilines is 1. The molecule has 8 nitrogen and oxygen atoms in total. The Bertz CT molecular complexity index is 749. The summed E-state index contributed by atoms with van der Waals surface area (Å²) in [6, 6.07) is 5.14. The number of fused-ring (bicyclic) bond motifs is 1. The minimum absolute atomic E-state index is 0.00161. The summed E-state index contributed by atoms with van der Waals surface area (Å²) in [4.78, 5) is 28.1. The second kappa shape index (κ2) is 10.0. The third kappa shape index (κ3) is 5.36. The fraction of sp³-hybridized carbons (Fsp3) is 0.636. The second-order valence-electron chi connectivity index (χ2n) is 8.40. The fourth-order valence-corrected chi connectivity index (χ4v) is 4.51. The number of carbonyl (C=O) groups is 2. The lowest BCUT2D eigenvalue weighted by molar-refractivity contribution is -0.899. The van der Waals surface area contributed by atoms with Gasteiger partial charge in [-0.25, -0.2) is 4.79 Å². The van der Waals surface area contributed by atoms with Gasteiger partial charge in [0.2, 0.25) is 5.91 Å². The van der Waals surface area contributed by atoms with Gasteiger partial charge in [-0.2, -0.15) is 0 Å². The van der Waals surface area contributed by atoms with Gasteiger partial charge < -0.3 is 29.9 Å². The van der Waals surface area contributed by atoms with Crippen molar-refractivity contribution in [2.75, 3.05) is 50.8 Å². The molecule has 4 rings (SSSR count). The maximum Gasteiger partial charge on any atom is 0.315 e. The number of urea groups is 1. The molecule has 1 aromatic rings. The normalized spacial score (nSPS) is 21.9. The molecule has 164 valence electrons. The number of quaternary nitrogens is 1. The predicted octanol–water partition coefficient (Wildman–Crippen LogP) is 0.711. The first-order chi connectivity index (χ1) is 14.7. The first-order valence-corrected chi connectivity index (χ1v) is 11.3. The molecule has 0 aliphatic carbocycles. The zero-order chi connectivity index (χ0) is 20.8. The predicted molar refractivity (Wildman–Crippen MR) is 113 cm³/mol. The van der Waals surface area contributed by atoms with Gasteiger partial charge in [0.1, 0.15) is 13.2 Å². The summed E-state index contributed by atoms with van der Waals surface area (Å²) in [5.41, 5.74) is 0.773. The summed E-state index contributed by atoms with van der Waals surface area (Å²) in [5, 5.41) is 5.89. The van der Waals surface area contributed by atoms with E-state index in [1.54, 1.807) is 9.80 Å². The maximum atomic E-state index is 12.5. The number of nitrogens with zero attached hydrogens (tertiary/aromatic N) is 1. The van der Waals surface area contributed by atoms with Crippen LogP contribution in [0.25, 0.3) is 0 Å². The van der Waals surface area contributed by atoms with Crippen molar-refractivity contribution in [1.82, 2.24) is 10.6 Å². The molecule has 0 aromatic heterocycles. The third-order valence-corrected chi connectivity index (χ3v) is 6.10. The number of rotatable bonds is 6. The zero-order valence-corrected chi connectivity index (χ0v) is 17.6. The van der Waals surface area contributed by atoms with Crippen molar-refractivity contribution in [3.63, 3.8) is 0 Å². The lowest BCUT2D eigenvalue weighted by Crippen LogP contribution is -3.11. The Morgan fingerprint density at radius 1 is 1.10 bits per heavy atom. The molecule has 30 heavy (non-hydrogen) atoms. The number of carbonyl (C=O) groups excluding carboxylic acids is 2. The van der Waals surface area contributed by atoms with Crippen molar-refractivity contribution in [2.24, 2.45) is 0 Å². The van der Waals surface area contributed by atoms with E-state index in [0.29, 0.717) is 44.2 Å². The molecule has 3 heterocycles. The summed E-state index contributed by atoms with van der Waals surface area (Å²) in [5.74, 6) is 1.36. The fourth-order valence-electron chi connectivity index (χ4n) is 4.51. The number of ether oxygens (including phenoxy) is 2. The Morgan fingerprint density at radius 3 is 2.67 bits per heavy atom. The lowest BCUT2D eigenvalue weighted by atomic mass is 10.2. The highest BCUT2D eigenvalue weighted by Crippen LogP contribution is 2.35.